The van der Waals surface area contributed by atoms with Crippen molar-refractivity contribution in [1.82, 2.24) is 9.88 Å². The predicted octanol–water partition coefficient (Wildman–Crippen LogP) is 2.47. The minimum atomic E-state index is 0.532. The molecule has 2 fully saturated rings. The molecule has 0 unspecified atom stereocenters. The van der Waals surface area contributed by atoms with E-state index < -0.39 is 0 Å². The van der Waals surface area contributed by atoms with Gasteiger partial charge in [0.25, 0.3) is 0 Å². The molecular weight excluding hydrogens is 244 g/mol. The fourth-order valence-corrected chi connectivity index (χ4v) is 3.13. The molecule has 0 aromatic carbocycles. The average molecular weight is 264 g/mol. The molecule has 1 aromatic heterocycles. The highest BCUT2D eigenvalue weighted by molar-refractivity contribution is 7.80. The summed E-state index contributed by atoms with van der Waals surface area (Å²) in [4.78, 5) is 7.14. The van der Waals surface area contributed by atoms with Crippen molar-refractivity contribution in [2.75, 3.05) is 26.3 Å². The number of pyridine rings is 1. The first kappa shape index (κ1) is 12.5. The molecular formula is C14H20N2OS. The van der Waals surface area contributed by atoms with Crippen molar-refractivity contribution < 1.29 is 4.74 Å². The van der Waals surface area contributed by atoms with Crippen molar-refractivity contribution in [2.45, 2.75) is 36.8 Å². The van der Waals surface area contributed by atoms with Crippen LogP contribution in [0.5, 0.6) is 0 Å². The molecule has 18 heavy (non-hydrogen) atoms. The molecule has 0 saturated carbocycles. The van der Waals surface area contributed by atoms with Gasteiger partial charge in [-0.05, 0) is 44.0 Å². The van der Waals surface area contributed by atoms with Gasteiger partial charge in [0.05, 0.1) is 17.3 Å². The Hall–Kier alpha value is -0.580. The van der Waals surface area contributed by atoms with Crippen molar-refractivity contribution in [2.24, 2.45) is 0 Å². The zero-order valence-corrected chi connectivity index (χ0v) is 11.5. The number of ether oxygens (including phenoxy) is 1. The van der Waals surface area contributed by atoms with E-state index in [1.807, 2.05) is 6.07 Å². The van der Waals surface area contributed by atoms with Crippen molar-refractivity contribution in [3.63, 3.8) is 0 Å². The lowest BCUT2D eigenvalue weighted by Crippen LogP contribution is -2.21. The maximum atomic E-state index is 5.51. The molecule has 2 aliphatic rings. The van der Waals surface area contributed by atoms with Crippen LogP contribution in [0, 0.1) is 0 Å². The second-order valence-corrected chi connectivity index (χ2v) is 5.71. The van der Waals surface area contributed by atoms with E-state index >= 15 is 0 Å². The first-order chi connectivity index (χ1) is 8.83. The molecule has 0 radical (unpaired) electrons. The topological polar surface area (TPSA) is 25.4 Å². The van der Waals surface area contributed by atoms with Crippen LogP contribution in [-0.4, -0.2) is 36.2 Å². The Bertz CT molecular complexity index is 412. The molecule has 1 atom stereocenters. The summed E-state index contributed by atoms with van der Waals surface area (Å²) < 4.78 is 5.51. The van der Waals surface area contributed by atoms with Gasteiger partial charge in [-0.25, -0.2) is 4.98 Å². The van der Waals surface area contributed by atoms with Gasteiger partial charge in [0.15, 0.2) is 0 Å². The van der Waals surface area contributed by atoms with Gasteiger partial charge in [0.2, 0.25) is 0 Å². The van der Waals surface area contributed by atoms with Gasteiger partial charge in [-0.1, -0.05) is 6.07 Å². The Morgan fingerprint density at radius 3 is 2.89 bits per heavy atom. The van der Waals surface area contributed by atoms with Crippen molar-refractivity contribution in [1.29, 1.82) is 0 Å². The van der Waals surface area contributed by atoms with E-state index in [2.05, 4.69) is 28.6 Å². The Labute approximate surface area is 114 Å². The van der Waals surface area contributed by atoms with Gasteiger partial charge in [0.1, 0.15) is 0 Å². The zero-order chi connectivity index (χ0) is 12.4. The fraction of sp³-hybridized carbons (Fsp3) is 0.643. The number of rotatable bonds is 3. The molecule has 3 rings (SSSR count). The SMILES string of the molecule is Sc1ccc([C@@H]2CCOC2)c(CN2CCCC2)n1. The molecule has 3 heterocycles. The average Bonchev–Trinajstić information content (AvgIpc) is 3.01. The van der Waals surface area contributed by atoms with E-state index in [1.165, 1.54) is 37.2 Å². The lowest BCUT2D eigenvalue weighted by atomic mass is 9.97. The number of likely N-dealkylation sites (tertiary alicyclic amines) is 1. The van der Waals surface area contributed by atoms with Crippen molar-refractivity contribution >= 4 is 12.6 Å². The second-order valence-electron chi connectivity index (χ2n) is 5.25. The number of nitrogens with zero attached hydrogens (tertiary/aromatic N) is 2. The third-order valence-electron chi connectivity index (χ3n) is 3.94. The lowest BCUT2D eigenvalue weighted by molar-refractivity contribution is 0.193. The number of hydrogen-bond acceptors (Lipinski definition) is 4. The molecule has 4 heteroatoms. The minimum Gasteiger partial charge on any atom is -0.381 e. The smallest absolute Gasteiger partial charge is 0.0933 e. The van der Waals surface area contributed by atoms with E-state index in [0.29, 0.717) is 5.92 Å². The molecule has 0 bridgehead atoms. The predicted molar refractivity (Wildman–Crippen MR) is 74.2 cm³/mol. The van der Waals surface area contributed by atoms with Crippen molar-refractivity contribution in [3.8, 4) is 0 Å². The van der Waals surface area contributed by atoms with Crippen LogP contribution in [0.2, 0.25) is 0 Å². The quantitative estimate of drug-likeness (QED) is 0.849. The normalized spacial score (nSPS) is 24.8. The first-order valence-corrected chi connectivity index (χ1v) is 7.26. The number of hydrogen-bond donors (Lipinski definition) is 1. The number of aromatic nitrogens is 1. The zero-order valence-electron chi connectivity index (χ0n) is 10.6. The summed E-state index contributed by atoms with van der Waals surface area (Å²) in [6, 6.07) is 4.20. The molecule has 0 spiro atoms. The van der Waals surface area contributed by atoms with Crippen LogP contribution in [0.4, 0.5) is 0 Å². The summed E-state index contributed by atoms with van der Waals surface area (Å²) in [6.07, 6.45) is 3.77. The Morgan fingerprint density at radius 2 is 2.17 bits per heavy atom. The highest BCUT2D eigenvalue weighted by Gasteiger charge is 2.23. The fourth-order valence-electron chi connectivity index (χ4n) is 2.93. The monoisotopic (exact) mass is 264 g/mol. The van der Waals surface area contributed by atoms with Crippen LogP contribution in [0.1, 0.15) is 36.4 Å². The van der Waals surface area contributed by atoms with Crippen LogP contribution < -0.4 is 0 Å². The molecule has 1 aromatic rings. The van der Waals surface area contributed by atoms with Crippen LogP contribution in [-0.2, 0) is 11.3 Å². The van der Waals surface area contributed by atoms with E-state index in [0.717, 1.165) is 31.2 Å². The molecule has 2 saturated heterocycles. The second kappa shape index (κ2) is 5.59. The largest absolute Gasteiger partial charge is 0.381 e. The maximum absolute atomic E-state index is 5.51. The molecule has 0 amide bonds. The summed E-state index contributed by atoms with van der Waals surface area (Å²) >= 11 is 4.38. The molecule has 3 nitrogen and oxygen atoms in total. The molecule has 0 N–H and O–H groups in total. The summed E-state index contributed by atoms with van der Waals surface area (Å²) in [7, 11) is 0. The summed E-state index contributed by atoms with van der Waals surface area (Å²) in [5, 5.41) is 0.826. The van der Waals surface area contributed by atoms with E-state index in [1.54, 1.807) is 0 Å². The standard InChI is InChI=1S/C14H20N2OS/c18-14-4-3-12(11-5-8-17-10-11)13(15-14)9-16-6-1-2-7-16/h3-4,11H,1-2,5-10H2,(H,15,18)/t11-/m1/s1. The third kappa shape index (κ3) is 2.71. The van der Waals surface area contributed by atoms with Crippen molar-refractivity contribution in [3.05, 3.63) is 23.4 Å². The molecule has 98 valence electrons. The van der Waals surface area contributed by atoms with Gasteiger partial charge in [0, 0.05) is 19.1 Å². The van der Waals surface area contributed by atoms with Crippen LogP contribution in [0.25, 0.3) is 0 Å². The van der Waals surface area contributed by atoms with E-state index in [4.69, 9.17) is 4.74 Å². The maximum Gasteiger partial charge on any atom is 0.0933 e. The van der Waals surface area contributed by atoms with E-state index in [9.17, 15) is 0 Å². The summed E-state index contributed by atoms with van der Waals surface area (Å²) in [5.41, 5.74) is 2.58. The Balaban J connectivity index is 1.82. The van der Waals surface area contributed by atoms with Gasteiger partial charge >= 0.3 is 0 Å². The van der Waals surface area contributed by atoms with E-state index in [-0.39, 0.29) is 0 Å². The van der Waals surface area contributed by atoms with Crippen LogP contribution >= 0.6 is 12.6 Å². The Morgan fingerprint density at radius 1 is 1.33 bits per heavy atom. The van der Waals surface area contributed by atoms with Crippen LogP contribution in [0.15, 0.2) is 17.2 Å². The van der Waals surface area contributed by atoms with Gasteiger partial charge in [-0.3, -0.25) is 4.90 Å². The first-order valence-electron chi connectivity index (χ1n) is 6.82. The minimum absolute atomic E-state index is 0.532. The molecule has 0 aliphatic carbocycles. The van der Waals surface area contributed by atoms with Crippen LogP contribution in [0.3, 0.4) is 0 Å². The highest BCUT2D eigenvalue weighted by Crippen LogP contribution is 2.29. The summed E-state index contributed by atoms with van der Waals surface area (Å²) in [5.74, 6) is 0.532. The van der Waals surface area contributed by atoms with Gasteiger partial charge < -0.3 is 4.74 Å². The molecule has 2 aliphatic heterocycles. The highest BCUT2D eigenvalue weighted by atomic mass is 32.1. The van der Waals surface area contributed by atoms with Gasteiger partial charge in [-0.15, -0.1) is 12.6 Å². The third-order valence-corrected chi connectivity index (χ3v) is 4.19. The lowest BCUT2D eigenvalue weighted by Gasteiger charge is -2.19. The van der Waals surface area contributed by atoms with Gasteiger partial charge in [-0.2, -0.15) is 0 Å². The summed E-state index contributed by atoms with van der Waals surface area (Å²) in [6.45, 7) is 5.12. The Kier molecular flexibility index (Phi) is 3.87. The number of thiol groups is 1.